The maximum atomic E-state index is 11.9. The van der Waals surface area contributed by atoms with E-state index < -0.39 is 16.5 Å². The molecule has 0 saturated heterocycles. The highest BCUT2D eigenvalue weighted by Crippen LogP contribution is 2.25. The third kappa shape index (κ3) is 2.89. The van der Waals surface area contributed by atoms with Gasteiger partial charge >= 0.3 is 5.69 Å². The van der Waals surface area contributed by atoms with Gasteiger partial charge in [-0.3, -0.25) is 14.9 Å². The predicted molar refractivity (Wildman–Crippen MR) is 67.9 cm³/mol. The maximum Gasteiger partial charge on any atom is 0.319 e. The van der Waals surface area contributed by atoms with Crippen LogP contribution in [0.3, 0.4) is 0 Å². The van der Waals surface area contributed by atoms with Gasteiger partial charge in [0, 0.05) is 25.1 Å². The lowest BCUT2D eigenvalue weighted by Gasteiger charge is -2.05. The second-order valence-corrected chi connectivity index (χ2v) is 4.01. The Morgan fingerprint density at radius 1 is 1.53 bits per heavy atom. The number of carbonyl (C=O) groups is 1. The van der Waals surface area contributed by atoms with Crippen molar-refractivity contribution in [2.45, 2.75) is 6.54 Å². The number of pyridine rings is 1. The Hall–Kier alpha value is -2.41. The molecule has 0 saturated carbocycles. The quantitative estimate of drug-likeness (QED) is 0.507. The maximum absolute atomic E-state index is 11.9. The van der Waals surface area contributed by atoms with Crippen LogP contribution in [0.1, 0.15) is 15.9 Å². The molecule has 2 aromatic rings. The minimum absolute atomic E-state index is 0.111. The Labute approximate surface area is 112 Å². The van der Waals surface area contributed by atoms with Gasteiger partial charge in [0.1, 0.15) is 5.56 Å². The molecule has 2 rings (SSSR count). The average molecular weight is 281 g/mol. The summed E-state index contributed by atoms with van der Waals surface area (Å²) in [7, 11) is 0. The smallest absolute Gasteiger partial charge is 0.319 e. The van der Waals surface area contributed by atoms with E-state index in [1.54, 1.807) is 18.5 Å². The Bertz CT molecular complexity index is 612. The van der Waals surface area contributed by atoms with Crippen LogP contribution in [0.2, 0.25) is 5.15 Å². The number of nitrogens with one attached hydrogen (secondary N) is 2. The molecule has 98 valence electrons. The Morgan fingerprint density at radius 3 is 2.95 bits per heavy atom. The first-order chi connectivity index (χ1) is 9.09. The predicted octanol–water partition coefficient (Wildman–Crippen LogP) is 1.90. The zero-order valence-electron chi connectivity index (χ0n) is 9.59. The van der Waals surface area contributed by atoms with E-state index in [1.807, 2.05) is 0 Å². The molecule has 0 aromatic carbocycles. The lowest BCUT2D eigenvalue weighted by molar-refractivity contribution is -0.385. The van der Waals surface area contributed by atoms with E-state index in [9.17, 15) is 14.9 Å². The molecule has 0 unspecified atom stereocenters. The van der Waals surface area contributed by atoms with E-state index in [0.717, 1.165) is 5.56 Å². The van der Waals surface area contributed by atoms with Gasteiger partial charge in [0.2, 0.25) is 5.15 Å². The number of carbonyl (C=O) groups excluding carboxylic acids is 1. The van der Waals surface area contributed by atoms with Crippen LogP contribution in [0.15, 0.2) is 30.7 Å². The van der Waals surface area contributed by atoms with Crippen LogP contribution in [-0.2, 0) is 6.54 Å². The minimum atomic E-state index is -0.722. The molecular formula is C11H9ClN4O3. The number of amides is 1. The van der Waals surface area contributed by atoms with Crippen molar-refractivity contribution in [2.75, 3.05) is 0 Å². The molecule has 2 N–H and O–H groups in total. The number of aromatic amines is 1. The van der Waals surface area contributed by atoms with Gasteiger partial charge in [-0.05, 0) is 17.7 Å². The van der Waals surface area contributed by atoms with Crippen molar-refractivity contribution >= 4 is 23.2 Å². The first-order valence-corrected chi connectivity index (χ1v) is 5.66. The van der Waals surface area contributed by atoms with Crippen LogP contribution < -0.4 is 5.32 Å². The number of nitro groups is 1. The molecule has 2 aromatic heterocycles. The van der Waals surface area contributed by atoms with Crippen molar-refractivity contribution in [2.24, 2.45) is 0 Å². The Balaban J connectivity index is 2.19. The fourth-order valence-electron chi connectivity index (χ4n) is 1.53. The van der Waals surface area contributed by atoms with Gasteiger partial charge in [-0.25, -0.2) is 4.98 Å². The zero-order chi connectivity index (χ0) is 13.8. The summed E-state index contributed by atoms with van der Waals surface area (Å²) in [6, 6.07) is 3.05. The van der Waals surface area contributed by atoms with Crippen LogP contribution in [0, 0.1) is 10.1 Å². The molecule has 7 nitrogen and oxygen atoms in total. The van der Waals surface area contributed by atoms with E-state index in [1.165, 1.54) is 12.3 Å². The highest BCUT2D eigenvalue weighted by Gasteiger charge is 2.24. The van der Waals surface area contributed by atoms with E-state index in [0.29, 0.717) is 0 Å². The van der Waals surface area contributed by atoms with Gasteiger partial charge < -0.3 is 10.3 Å². The molecule has 0 atom stereocenters. The van der Waals surface area contributed by atoms with E-state index in [4.69, 9.17) is 11.6 Å². The van der Waals surface area contributed by atoms with Crippen LogP contribution in [0.5, 0.6) is 0 Å². The summed E-state index contributed by atoms with van der Waals surface area (Å²) in [5.41, 5.74) is 0.257. The van der Waals surface area contributed by atoms with Gasteiger partial charge in [-0.15, -0.1) is 0 Å². The largest absolute Gasteiger partial charge is 0.367 e. The molecule has 0 aliphatic carbocycles. The summed E-state index contributed by atoms with van der Waals surface area (Å²) in [5.74, 6) is -0.572. The fraction of sp³-hybridized carbons (Fsp3) is 0.0909. The van der Waals surface area contributed by atoms with Crippen LogP contribution in [-0.4, -0.2) is 20.8 Å². The van der Waals surface area contributed by atoms with Gasteiger partial charge in [-0.1, -0.05) is 11.6 Å². The molecule has 8 heteroatoms. The number of H-pyrrole nitrogens is 1. The van der Waals surface area contributed by atoms with Gasteiger partial charge in [-0.2, -0.15) is 0 Å². The molecule has 0 bridgehead atoms. The van der Waals surface area contributed by atoms with E-state index >= 15 is 0 Å². The number of rotatable bonds is 4. The van der Waals surface area contributed by atoms with E-state index in [2.05, 4.69) is 15.3 Å². The van der Waals surface area contributed by atoms with Crippen molar-refractivity contribution in [1.29, 1.82) is 0 Å². The summed E-state index contributed by atoms with van der Waals surface area (Å²) in [4.78, 5) is 28.5. The Kier molecular flexibility index (Phi) is 3.76. The molecule has 1 amide bonds. The number of hydrogen-bond acceptors (Lipinski definition) is 4. The summed E-state index contributed by atoms with van der Waals surface area (Å²) >= 11 is 5.63. The summed E-state index contributed by atoms with van der Waals surface area (Å²) < 4.78 is 0. The lowest BCUT2D eigenvalue weighted by Crippen LogP contribution is -2.23. The Morgan fingerprint density at radius 2 is 2.32 bits per heavy atom. The first-order valence-electron chi connectivity index (χ1n) is 5.28. The molecule has 0 aliphatic rings. The molecule has 0 radical (unpaired) electrons. The summed E-state index contributed by atoms with van der Waals surface area (Å²) in [6.07, 6.45) is 4.68. The highest BCUT2D eigenvalue weighted by atomic mass is 35.5. The molecule has 2 heterocycles. The highest BCUT2D eigenvalue weighted by molar-refractivity contribution is 6.32. The molecule has 0 spiro atoms. The molecular weight excluding hydrogens is 272 g/mol. The monoisotopic (exact) mass is 280 g/mol. The number of nitrogens with zero attached hydrogens (tertiary/aromatic N) is 2. The normalized spacial score (nSPS) is 10.2. The summed E-state index contributed by atoms with van der Waals surface area (Å²) in [6.45, 7) is 0.263. The lowest BCUT2D eigenvalue weighted by atomic mass is 10.2. The minimum Gasteiger partial charge on any atom is -0.367 e. The number of halogens is 1. The van der Waals surface area contributed by atoms with Crippen molar-refractivity contribution < 1.29 is 9.72 Å². The topological polar surface area (TPSA) is 101 Å². The second-order valence-electron chi connectivity index (χ2n) is 3.66. The first kappa shape index (κ1) is 13.0. The SMILES string of the molecule is O=C(NCc1cc[nH]c1)c1ccnc(Cl)c1[N+](=O)[O-]. The van der Waals surface area contributed by atoms with Crippen LogP contribution in [0.4, 0.5) is 5.69 Å². The number of hydrogen-bond donors (Lipinski definition) is 2. The van der Waals surface area contributed by atoms with Crippen molar-refractivity contribution in [3.8, 4) is 0 Å². The third-order valence-electron chi connectivity index (χ3n) is 2.42. The van der Waals surface area contributed by atoms with Gasteiger partial charge in [0.15, 0.2) is 0 Å². The standard InChI is InChI=1S/C11H9ClN4O3/c12-10-9(16(18)19)8(2-4-14-10)11(17)15-6-7-1-3-13-5-7/h1-5,13H,6H2,(H,15,17). The molecule has 19 heavy (non-hydrogen) atoms. The fourth-order valence-corrected chi connectivity index (χ4v) is 1.76. The van der Waals surface area contributed by atoms with Crippen molar-refractivity contribution in [1.82, 2.24) is 15.3 Å². The second kappa shape index (κ2) is 5.49. The molecule has 0 aliphatic heterocycles. The summed E-state index contributed by atoms with van der Waals surface area (Å²) in [5, 5.41) is 13.1. The zero-order valence-corrected chi connectivity index (χ0v) is 10.3. The average Bonchev–Trinajstić information content (AvgIpc) is 2.88. The van der Waals surface area contributed by atoms with Crippen molar-refractivity contribution in [3.05, 3.63) is 57.1 Å². The molecule has 0 fully saturated rings. The third-order valence-corrected chi connectivity index (χ3v) is 2.70. The van der Waals surface area contributed by atoms with E-state index in [-0.39, 0.29) is 17.3 Å². The number of aromatic nitrogens is 2. The van der Waals surface area contributed by atoms with Crippen molar-refractivity contribution in [3.63, 3.8) is 0 Å². The van der Waals surface area contributed by atoms with Gasteiger partial charge in [0.05, 0.1) is 4.92 Å². The van der Waals surface area contributed by atoms with Crippen LogP contribution >= 0.6 is 11.6 Å². The van der Waals surface area contributed by atoms with Crippen LogP contribution in [0.25, 0.3) is 0 Å². The van der Waals surface area contributed by atoms with Gasteiger partial charge in [0.25, 0.3) is 5.91 Å².